The highest BCUT2D eigenvalue weighted by atomic mass is 16.1. The summed E-state index contributed by atoms with van der Waals surface area (Å²) in [5.74, 6) is 0.502. The van der Waals surface area contributed by atoms with Crippen LogP contribution in [0.5, 0.6) is 0 Å². The Bertz CT molecular complexity index is 616. The number of rotatable bonds is 4. The molecule has 1 fully saturated rings. The molecular weight excluding hydrogens is 252 g/mol. The monoisotopic (exact) mass is 270 g/mol. The van der Waals surface area contributed by atoms with E-state index < -0.39 is 0 Å². The topological polar surface area (TPSA) is 59.0 Å². The standard InChI is InChI=1S/C15H18N4O/c1-11-4-2-3-5-14(11)19-10-13(9-18-19)15(20)17-8-12-6-16-7-12/h2-5,9-10,12,16H,6-8H2,1H3,(H,17,20). The van der Waals surface area contributed by atoms with Gasteiger partial charge in [-0.2, -0.15) is 5.10 Å². The maximum Gasteiger partial charge on any atom is 0.254 e. The van der Waals surface area contributed by atoms with Gasteiger partial charge in [-0.15, -0.1) is 0 Å². The molecule has 0 atom stereocenters. The Morgan fingerprint density at radius 3 is 2.95 bits per heavy atom. The van der Waals surface area contributed by atoms with Gasteiger partial charge < -0.3 is 10.6 Å². The fourth-order valence-electron chi connectivity index (χ4n) is 2.22. The molecule has 1 aliphatic rings. The van der Waals surface area contributed by atoms with Gasteiger partial charge in [0, 0.05) is 31.7 Å². The van der Waals surface area contributed by atoms with Gasteiger partial charge in [0.05, 0.1) is 17.4 Å². The molecule has 2 N–H and O–H groups in total. The van der Waals surface area contributed by atoms with Crippen LogP contribution in [0.15, 0.2) is 36.7 Å². The lowest BCUT2D eigenvalue weighted by Crippen LogP contribution is -2.48. The van der Waals surface area contributed by atoms with Crippen LogP contribution in [-0.2, 0) is 0 Å². The molecule has 1 saturated heterocycles. The molecule has 0 spiro atoms. The minimum Gasteiger partial charge on any atom is -0.352 e. The van der Waals surface area contributed by atoms with Gasteiger partial charge in [0.15, 0.2) is 0 Å². The summed E-state index contributed by atoms with van der Waals surface area (Å²) in [5, 5.41) is 10.4. The van der Waals surface area contributed by atoms with Crippen LogP contribution < -0.4 is 10.6 Å². The zero-order valence-corrected chi connectivity index (χ0v) is 11.5. The molecule has 0 bridgehead atoms. The van der Waals surface area contributed by atoms with Crippen LogP contribution >= 0.6 is 0 Å². The van der Waals surface area contributed by atoms with Crippen molar-refractivity contribution in [1.82, 2.24) is 20.4 Å². The summed E-state index contributed by atoms with van der Waals surface area (Å²) >= 11 is 0. The predicted molar refractivity (Wildman–Crippen MR) is 77.0 cm³/mol. The van der Waals surface area contributed by atoms with E-state index in [0.717, 1.165) is 30.9 Å². The van der Waals surface area contributed by atoms with E-state index in [1.807, 2.05) is 31.2 Å². The fraction of sp³-hybridized carbons (Fsp3) is 0.333. The number of nitrogens with zero attached hydrogens (tertiary/aromatic N) is 2. The molecule has 1 aromatic heterocycles. The molecule has 5 nitrogen and oxygen atoms in total. The Morgan fingerprint density at radius 1 is 1.45 bits per heavy atom. The van der Waals surface area contributed by atoms with Crippen molar-refractivity contribution in [3.8, 4) is 5.69 Å². The molecule has 0 saturated carbocycles. The second kappa shape index (κ2) is 5.46. The molecule has 0 aliphatic carbocycles. The molecule has 2 heterocycles. The van der Waals surface area contributed by atoms with Crippen molar-refractivity contribution in [1.29, 1.82) is 0 Å². The number of benzene rings is 1. The maximum atomic E-state index is 12.0. The first-order valence-electron chi connectivity index (χ1n) is 6.83. The number of aromatic nitrogens is 2. The van der Waals surface area contributed by atoms with Crippen LogP contribution in [0.3, 0.4) is 0 Å². The van der Waals surface area contributed by atoms with Crippen molar-refractivity contribution in [2.45, 2.75) is 6.92 Å². The van der Waals surface area contributed by atoms with E-state index in [-0.39, 0.29) is 5.91 Å². The van der Waals surface area contributed by atoms with Crippen LogP contribution in [-0.4, -0.2) is 35.3 Å². The SMILES string of the molecule is Cc1ccccc1-n1cc(C(=O)NCC2CNC2)cn1. The molecule has 20 heavy (non-hydrogen) atoms. The molecular formula is C15H18N4O. The second-order valence-corrected chi connectivity index (χ2v) is 5.19. The Labute approximate surface area is 118 Å². The first-order chi connectivity index (χ1) is 9.74. The first kappa shape index (κ1) is 12.9. The van der Waals surface area contributed by atoms with Gasteiger partial charge in [-0.05, 0) is 18.6 Å². The molecule has 1 aromatic carbocycles. The molecule has 1 aliphatic heterocycles. The number of carbonyl (C=O) groups excluding carboxylic acids is 1. The quantitative estimate of drug-likeness (QED) is 0.875. The summed E-state index contributed by atoms with van der Waals surface area (Å²) in [5.41, 5.74) is 2.72. The lowest BCUT2D eigenvalue weighted by atomic mass is 10.0. The van der Waals surface area contributed by atoms with Crippen LogP contribution in [0, 0.1) is 12.8 Å². The highest BCUT2D eigenvalue weighted by molar-refractivity contribution is 5.93. The van der Waals surface area contributed by atoms with E-state index in [2.05, 4.69) is 15.7 Å². The van der Waals surface area contributed by atoms with E-state index in [0.29, 0.717) is 11.5 Å². The van der Waals surface area contributed by atoms with E-state index in [9.17, 15) is 4.79 Å². The Hall–Kier alpha value is -2.14. The zero-order chi connectivity index (χ0) is 13.9. The first-order valence-corrected chi connectivity index (χ1v) is 6.83. The average molecular weight is 270 g/mol. The minimum absolute atomic E-state index is 0.0586. The summed E-state index contributed by atoms with van der Waals surface area (Å²) in [6.45, 7) is 4.73. The molecule has 0 radical (unpaired) electrons. The Balaban J connectivity index is 1.69. The highest BCUT2D eigenvalue weighted by Gasteiger charge is 2.18. The molecule has 3 rings (SSSR count). The number of carbonyl (C=O) groups is 1. The molecule has 5 heteroatoms. The molecule has 104 valence electrons. The van der Waals surface area contributed by atoms with Gasteiger partial charge >= 0.3 is 0 Å². The van der Waals surface area contributed by atoms with Crippen LogP contribution in [0.1, 0.15) is 15.9 Å². The molecule has 1 amide bonds. The average Bonchev–Trinajstić information content (AvgIpc) is 2.87. The Kier molecular flexibility index (Phi) is 3.52. The third-order valence-electron chi connectivity index (χ3n) is 3.62. The minimum atomic E-state index is -0.0586. The van der Waals surface area contributed by atoms with Crippen molar-refractivity contribution in [2.24, 2.45) is 5.92 Å². The summed E-state index contributed by atoms with van der Waals surface area (Å²) in [7, 11) is 0. The van der Waals surface area contributed by atoms with Crippen LogP contribution in [0.25, 0.3) is 5.69 Å². The van der Waals surface area contributed by atoms with E-state index >= 15 is 0 Å². The van der Waals surface area contributed by atoms with Gasteiger partial charge in [-0.3, -0.25) is 4.79 Å². The van der Waals surface area contributed by atoms with Gasteiger partial charge in [-0.25, -0.2) is 4.68 Å². The van der Waals surface area contributed by atoms with Crippen LogP contribution in [0.2, 0.25) is 0 Å². The highest BCUT2D eigenvalue weighted by Crippen LogP contribution is 2.13. The number of hydrogen-bond donors (Lipinski definition) is 2. The lowest BCUT2D eigenvalue weighted by Gasteiger charge is -2.26. The molecule has 0 unspecified atom stereocenters. The Morgan fingerprint density at radius 2 is 2.25 bits per heavy atom. The van der Waals surface area contributed by atoms with Crippen molar-refractivity contribution >= 4 is 5.91 Å². The number of aryl methyl sites for hydroxylation is 1. The second-order valence-electron chi connectivity index (χ2n) is 5.19. The number of para-hydroxylation sites is 1. The summed E-state index contributed by atoms with van der Waals surface area (Å²) < 4.78 is 1.75. The maximum absolute atomic E-state index is 12.0. The van der Waals surface area contributed by atoms with Gasteiger partial charge in [0.1, 0.15) is 0 Å². The fourth-order valence-corrected chi connectivity index (χ4v) is 2.22. The smallest absolute Gasteiger partial charge is 0.254 e. The van der Waals surface area contributed by atoms with Gasteiger partial charge in [-0.1, -0.05) is 18.2 Å². The normalized spacial score (nSPS) is 14.8. The predicted octanol–water partition coefficient (Wildman–Crippen LogP) is 1.13. The summed E-state index contributed by atoms with van der Waals surface area (Å²) in [6, 6.07) is 7.97. The lowest BCUT2D eigenvalue weighted by molar-refractivity contribution is 0.0942. The number of nitrogens with one attached hydrogen (secondary N) is 2. The van der Waals surface area contributed by atoms with E-state index in [4.69, 9.17) is 0 Å². The number of hydrogen-bond acceptors (Lipinski definition) is 3. The van der Waals surface area contributed by atoms with Crippen molar-refractivity contribution in [2.75, 3.05) is 19.6 Å². The van der Waals surface area contributed by atoms with Crippen LogP contribution in [0.4, 0.5) is 0 Å². The van der Waals surface area contributed by atoms with E-state index in [1.165, 1.54) is 0 Å². The summed E-state index contributed by atoms with van der Waals surface area (Å²) in [4.78, 5) is 12.0. The van der Waals surface area contributed by atoms with E-state index in [1.54, 1.807) is 17.1 Å². The van der Waals surface area contributed by atoms with Gasteiger partial charge in [0.25, 0.3) is 5.91 Å². The number of amides is 1. The van der Waals surface area contributed by atoms with Gasteiger partial charge in [0.2, 0.25) is 0 Å². The summed E-state index contributed by atoms with van der Waals surface area (Å²) in [6.07, 6.45) is 3.39. The van der Waals surface area contributed by atoms with Crippen molar-refractivity contribution in [3.05, 3.63) is 47.8 Å². The molecule has 2 aromatic rings. The van der Waals surface area contributed by atoms with Crippen molar-refractivity contribution < 1.29 is 4.79 Å². The van der Waals surface area contributed by atoms with Crippen molar-refractivity contribution in [3.63, 3.8) is 0 Å². The third kappa shape index (κ3) is 2.58. The third-order valence-corrected chi connectivity index (χ3v) is 3.62. The zero-order valence-electron chi connectivity index (χ0n) is 11.5. The largest absolute Gasteiger partial charge is 0.352 e.